The third-order valence-electron chi connectivity index (χ3n) is 2.57. The first-order valence-electron chi connectivity index (χ1n) is 5.45. The molecule has 0 aliphatic carbocycles. The van der Waals surface area contributed by atoms with Gasteiger partial charge in [0.05, 0.1) is 10.5 Å². The lowest BCUT2D eigenvalue weighted by Crippen LogP contribution is -2.18. The summed E-state index contributed by atoms with van der Waals surface area (Å²) in [7, 11) is 0. The minimum atomic E-state index is 0.200. The summed E-state index contributed by atoms with van der Waals surface area (Å²) in [5.41, 5.74) is 5.98. The zero-order chi connectivity index (χ0) is 11.5. The highest BCUT2D eigenvalue weighted by molar-refractivity contribution is 9.10. The van der Waals surface area contributed by atoms with Crippen LogP contribution in [0.2, 0.25) is 0 Å². The van der Waals surface area contributed by atoms with Gasteiger partial charge in [0, 0.05) is 5.38 Å². The average molecular weight is 303 g/mol. The van der Waals surface area contributed by atoms with Crippen molar-refractivity contribution < 1.29 is 4.74 Å². The Kier molecular flexibility index (Phi) is 3.86. The molecule has 1 unspecified atom stereocenters. The van der Waals surface area contributed by atoms with Gasteiger partial charge in [-0.3, -0.25) is 4.99 Å². The minimum absolute atomic E-state index is 0.200. The number of halogens is 1. The Bertz CT molecular complexity index is 403. The topological polar surface area (TPSA) is 47.6 Å². The summed E-state index contributed by atoms with van der Waals surface area (Å²) in [5, 5.41) is 1.99. The SMILES string of the molecule is CCCCC1COc2c(Br)csc2C(N)=N1. The second-order valence-corrected chi connectivity index (χ2v) is 5.60. The Morgan fingerprint density at radius 1 is 1.69 bits per heavy atom. The molecule has 0 fully saturated rings. The van der Waals surface area contributed by atoms with E-state index in [0.717, 1.165) is 21.5 Å². The van der Waals surface area contributed by atoms with Crippen LogP contribution in [0.3, 0.4) is 0 Å². The van der Waals surface area contributed by atoms with E-state index in [1.807, 2.05) is 5.38 Å². The molecule has 2 rings (SSSR count). The van der Waals surface area contributed by atoms with Crippen LogP contribution in [0.25, 0.3) is 0 Å². The molecule has 1 aliphatic heterocycles. The molecule has 1 aliphatic rings. The van der Waals surface area contributed by atoms with Crippen molar-refractivity contribution in [2.24, 2.45) is 10.7 Å². The summed E-state index contributed by atoms with van der Waals surface area (Å²) in [4.78, 5) is 5.48. The molecule has 0 bridgehead atoms. The molecular formula is C11H15BrN2OS. The first-order valence-corrected chi connectivity index (χ1v) is 7.13. The van der Waals surface area contributed by atoms with Gasteiger partial charge in [0.25, 0.3) is 0 Å². The molecule has 5 heteroatoms. The number of rotatable bonds is 3. The Balaban J connectivity index is 2.17. The third-order valence-corrected chi connectivity index (χ3v) is 4.44. The molecule has 0 aromatic carbocycles. The summed E-state index contributed by atoms with van der Waals surface area (Å²) in [6.45, 7) is 2.81. The van der Waals surface area contributed by atoms with Gasteiger partial charge in [-0.25, -0.2) is 0 Å². The van der Waals surface area contributed by atoms with Crippen LogP contribution in [-0.4, -0.2) is 18.5 Å². The van der Waals surface area contributed by atoms with Crippen molar-refractivity contribution in [1.82, 2.24) is 0 Å². The summed E-state index contributed by atoms with van der Waals surface area (Å²) in [5.74, 6) is 1.47. The molecule has 1 aromatic heterocycles. The highest BCUT2D eigenvalue weighted by atomic mass is 79.9. The monoisotopic (exact) mass is 302 g/mol. The molecule has 16 heavy (non-hydrogen) atoms. The summed E-state index contributed by atoms with van der Waals surface area (Å²) in [6, 6.07) is 0.200. The lowest BCUT2D eigenvalue weighted by molar-refractivity contribution is 0.283. The van der Waals surface area contributed by atoms with Crippen molar-refractivity contribution in [2.75, 3.05) is 6.61 Å². The van der Waals surface area contributed by atoms with Gasteiger partial charge in [-0.15, -0.1) is 11.3 Å². The number of fused-ring (bicyclic) bond motifs is 1. The molecule has 2 N–H and O–H groups in total. The van der Waals surface area contributed by atoms with Crippen LogP contribution in [0.1, 0.15) is 31.1 Å². The number of hydrogen-bond acceptors (Lipinski definition) is 4. The summed E-state index contributed by atoms with van der Waals surface area (Å²) < 4.78 is 6.74. The fourth-order valence-electron chi connectivity index (χ4n) is 1.70. The summed E-state index contributed by atoms with van der Waals surface area (Å²) in [6.07, 6.45) is 3.39. The molecule has 1 aromatic rings. The maximum Gasteiger partial charge on any atom is 0.155 e. The van der Waals surface area contributed by atoms with E-state index in [9.17, 15) is 0 Å². The highest BCUT2D eigenvalue weighted by Gasteiger charge is 2.21. The molecule has 0 saturated heterocycles. The lowest BCUT2D eigenvalue weighted by atomic mass is 10.1. The van der Waals surface area contributed by atoms with E-state index in [1.54, 1.807) is 11.3 Å². The normalized spacial score (nSPS) is 19.6. The average Bonchev–Trinajstić information content (AvgIpc) is 2.55. The number of ether oxygens (including phenoxy) is 1. The zero-order valence-corrected chi connectivity index (χ0v) is 11.6. The van der Waals surface area contributed by atoms with Crippen LogP contribution < -0.4 is 10.5 Å². The number of unbranched alkanes of at least 4 members (excludes halogenated alkanes) is 1. The van der Waals surface area contributed by atoms with Gasteiger partial charge >= 0.3 is 0 Å². The standard InChI is InChI=1S/C11H15BrN2OS/c1-2-3-4-7-5-15-9-8(12)6-16-10(9)11(13)14-7/h6-7H,2-5H2,1H3,(H2,13,14). The number of aliphatic imine (C=N–C) groups is 1. The number of hydrogen-bond donors (Lipinski definition) is 1. The van der Waals surface area contributed by atoms with Gasteiger partial charge in [-0.05, 0) is 22.4 Å². The predicted molar refractivity (Wildman–Crippen MR) is 71.6 cm³/mol. The fourth-order valence-corrected chi connectivity index (χ4v) is 3.20. The van der Waals surface area contributed by atoms with Crippen molar-refractivity contribution >= 4 is 33.1 Å². The second-order valence-electron chi connectivity index (χ2n) is 3.86. The first kappa shape index (κ1) is 11.9. The van der Waals surface area contributed by atoms with Crippen molar-refractivity contribution in [3.8, 4) is 5.75 Å². The molecule has 88 valence electrons. The fraction of sp³-hybridized carbons (Fsp3) is 0.545. The molecule has 2 heterocycles. The van der Waals surface area contributed by atoms with Crippen molar-refractivity contribution in [3.63, 3.8) is 0 Å². The van der Waals surface area contributed by atoms with E-state index < -0.39 is 0 Å². The Labute approximate surface area is 108 Å². The Hall–Kier alpha value is -0.550. The third kappa shape index (κ3) is 2.40. The molecular weight excluding hydrogens is 288 g/mol. The first-order chi connectivity index (χ1) is 7.72. The van der Waals surface area contributed by atoms with Crippen molar-refractivity contribution in [1.29, 1.82) is 0 Å². The van der Waals surface area contributed by atoms with E-state index in [0.29, 0.717) is 12.4 Å². The maximum absolute atomic E-state index is 5.98. The molecule has 0 amide bonds. The predicted octanol–water partition coefficient (Wildman–Crippen LogP) is 3.17. The van der Waals surface area contributed by atoms with Crippen LogP contribution in [0.5, 0.6) is 5.75 Å². The Morgan fingerprint density at radius 2 is 2.50 bits per heavy atom. The van der Waals surface area contributed by atoms with E-state index in [2.05, 4.69) is 27.8 Å². The number of thiophene rings is 1. The van der Waals surface area contributed by atoms with Gasteiger partial charge in [-0.2, -0.15) is 0 Å². The summed E-state index contributed by atoms with van der Waals surface area (Å²) >= 11 is 5.03. The minimum Gasteiger partial charge on any atom is -0.489 e. The largest absolute Gasteiger partial charge is 0.489 e. The van der Waals surface area contributed by atoms with Crippen LogP contribution in [-0.2, 0) is 0 Å². The van der Waals surface area contributed by atoms with Crippen LogP contribution in [0.15, 0.2) is 14.8 Å². The van der Waals surface area contributed by atoms with Crippen LogP contribution in [0, 0.1) is 0 Å². The van der Waals surface area contributed by atoms with Gasteiger partial charge < -0.3 is 10.5 Å². The van der Waals surface area contributed by atoms with Gasteiger partial charge in [-0.1, -0.05) is 19.8 Å². The van der Waals surface area contributed by atoms with Crippen molar-refractivity contribution in [2.45, 2.75) is 32.2 Å². The number of nitrogens with zero attached hydrogens (tertiary/aromatic N) is 1. The second kappa shape index (κ2) is 5.19. The van der Waals surface area contributed by atoms with E-state index >= 15 is 0 Å². The molecule has 0 saturated carbocycles. The lowest BCUT2D eigenvalue weighted by Gasteiger charge is -2.10. The van der Waals surface area contributed by atoms with Crippen molar-refractivity contribution in [3.05, 3.63) is 14.7 Å². The molecule has 1 atom stereocenters. The number of amidine groups is 1. The van der Waals surface area contributed by atoms with Gasteiger partial charge in [0.2, 0.25) is 0 Å². The van der Waals surface area contributed by atoms with E-state index in [-0.39, 0.29) is 6.04 Å². The molecule has 3 nitrogen and oxygen atoms in total. The van der Waals surface area contributed by atoms with Crippen LogP contribution >= 0.6 is 27.3 Å². The zero-order valence-electron chi connectivity index (χ0n) is 9.20. The van der Waals surface area contributed by atoms with Gasteiger partial charge in [0.15, 0.2) is 5.75 Å². The highest BCUT2D eigenvalue weighted by Crippen LogP contribution is 2.36. The molecule has 0 radical (unpaired) electrons. The van der Waals surface area contributed by atoms with E-state index in [4.69, 9.17) is 10.5 Å². The van der Waals surface area contributed by atoms with Gasteiger partial charge in [0.1, 0.15) is 17.3 Å². The van der Waals surface area contributed by atoms with E-state index in [1.165, 1.54) is 12.8 Å². The Morgan fingerprint density at radius 3 is 3.25 bits per heavy atom. The quantitative estimate of drug-likeness (QED) is 0.932. The van der Waals surface area contributed by atoms with Crippen LogP contribution in [0.4, 0.5) is 0 Å². The number of nitrogens with two attached hydrogens (primary N) is 1. The molecule has 0 spiro atoms. The maximum atomic E-state index is 5.98. The smallest absolute Gasteiger partial charge is 0.155 e.